The van der Waals surface area contributed by atoms with E-state index in [1.165, 1.54) is 33.4 Å². The van der Waals surface area contributed by atoms with E-state index >= 15 is 0 Å². The predicted molar refractivity (Wildman–Crippen MR) is 121 cm³/mol. The van der Waals surface area contributed by atoms with Crippen molar-refractivity contribution in [1.29, 1.82) is 0 Å². The van der Waals surface area contributed by atoms with Crippen LogP contribution in [-0.2, 0) is 5.41 Å². The fraction of sp³-hybridized carbons (Fsp3) is 0.0345. The van der Waals surface area contributed by atoms with Crippen molar-refractivity contribution in [3.8, 4) is 22.5 Å². The molecule has 0 N–H and O–H groups in total. The van der Waals surface area contributed by atoms with Crippen LogP contribution < -0.4 is 0 Å². The summed E-state index contributed by atoms with van der Waals surface area (Å²) >= 11 is 0. The van der Waals surface area contributed by atoms with Gasteiger partial charge in [0.15, 0.2) is 0 Å². The lowest BCUT2D eigenvalue weighted by Crippen LogP contribution is -2.28. The minimum atomic E-state index is -0.337. The van der Waals surface area contributed by atoms with Gasteiger partial charge in [0.05, 0.1) is 11.7 Å². The third kappa shape index (κ3) is 2.29. The minimum absolute atomic E-state index is 0.337. The summed E-state index contributed by atoms with van der Waals surface area (Å²) < 4.78 is 5.69. The third-order valence-corrected chi connectivity index (χ3v) is 6.26. The van der Waals surface area contributed by atoms with Gasteiger partial charge in [0.25, 0.3) is 0 Å². The lowest BCUT2D eigenvalue weighted by molar-refractivity contribution is 0.582. The summed E-state index contributed by atoms with van der Waals surface area (Å²) in [4.78, 5) is 0. The molecule has 1 heterocycles. The van der Waals surface area contributed by atoms with Crippen LogP contribution >= 0.6 is 0 Å². The molecule has 0 radical (unpaired) electrons. The Hall–Kier alpha value is -3.84. The molecule has 4 aromatic carbocycles. The number of benzene rings is 4. The predicted octanol–water partition coefficient (Wildman–Crippen LogP) is 7.31. The molecule has 0 aliphatic heterocycles. The molecule has 1 nitrogen and oxygen atoms in total. The van der Waals surface area contributed by atoms with E-state index in [0.29, 0.717) is 0 Å². The number of rotatable bonds is 3. The second kappa shape index (κ2) is 6.60. The third-order valence-electron chi connectivity index (χ3n) is 6.26. The summed E-state index contributed by atoms with van der Waals surface area (Å²) in [5.74, 6) is 0.896. The van der Waals surface area contributed by atoms with E-state index < -0.39 is 0 Å². The van der Waals surface area contributed by atoms with E-state index in [4.69, 9.17) is 4.42 Å². The normalized spacial score (nSPS) is 13.6. The van der Waals surface area contributed by atoms with Gasteiger partial charge >= 0.3 is 0 Å². The highest BCUT2D eigenvalue weighted by Gasteiger charge is 2.45. The molecule has 6 rings (SSSR count). The van der Waals surface area contributed by atoms with Crippen molar-refractivity contribution >= 4 is 0 Å². The molecule has 1 aromatic heterocycles. The highest BCUT2D eigenvalue weighted by molar-refractivity contribution is 5.88. The average molecular weight is 384 g/mol. The monoisotopic (exact) mass is 384 g/mol. The topological polar surface area (TPSA) is 13.1 Å². The molecule has 0 bridgehead atoms. The first-order valence-corrected chi connectivity index (χ1v) is 10.3. The van der Waals surface area contributed by atoms with E-state index in [9.17, 15) is 0 Å². The Balaban J connectivity index is 1.73. The van der Waals surface area contributed by atoms with Crippen LogP contribution in [0.2, 0.25) is 0 Å². The van der Waals surface area contributed by atoms with Gasteiger partial charge in [0.1, 0.15) is 5.76 Å². The zero-order chi connectivity index (χ0) is 20.0. The van der Waals surface area contributed by atoms with E-state index in [1.54, 1.807) is 6.26 Å². The van der Waals surface area contributed by atoms with Crippen LogP contribution in [0, 0.1) is 0 Å². The van der Waals surface area contributed by atoms with Crippen LogP contribution in [-0.4, -0.2) is 0 Å². The molecule has 0 spiro atoms. The lowest BCUT2D eigenvalue weighted by Gasteiger charge is -2.33. The van der Waals surface area contributed by atoms with Crippen molar-refractivity contribution < 1.29 is 4.42 Å². The minimum Gasteiger partial charge on any atom is -0.464 e. The SMILES string of the molecule is c1ccc(C2(c3ccccc3)c3ccccc3-c3cc(-c4ccco4)ccc32)cc1. The molecule has 0 saturated carbocycles. The Kier molecular flexibility index (Phi) is 3.75. The van der Waals surface area contributed by atoms with Gasteiger partial charge in [-0.2, -0.15) is 0 Å². The second-order valence-electron chi connectivity index (χ2n) is 7.77. The van der Waals surface area contributed by atoms with Crippen LogP contribution in [0.3, 0.4) is 0 Å². The van der Waals surface area contributed by atoms with Crippen molar-refractivity contribution in [3.63, 3.8) is 0 Å². The highest BCUT2D eigenvalue weighted by Crippen LogP contribution is 2.56. The van der Waals surface area contributed by atoms with Crippen LogP contribution in [0.5, 0.6) is 0 Å². The summed E-state index contributed by atoms with van der Waals surface area (Å²) in [5, 5.41) is 0. The number of hydrogen-bond donors (Lipinski definition) is 0. The highest BCUT2D eigenvalue weighted by atomic mass is 16.3. The molecular formula is C29H20O. The maximum absolute atomic E-state index is 5.69. The van der Waals surface area contributed by atoms with Gasteiger partial charge in [-0.25, -0.2) is 0 Å². The van der Waals surface area contributed by atoms with Gasteiger partial charge in [0.2, 0.25) is 0 Å². The van der Waals surface area contributed by atoms with Gasteiger partial charge in [-0.3, -0.25) is 0 Å². The molecule has 0 unspecified atom stereocenters. The summed E-state index contributed by atoms with van der Waals surface area (Å²) in [6, 6.07) is 41.2. The molecule has 142 valence electrons. The summed E-state index contributed by atoms with van der Waals surface area (Å²) in [6.45, 7) is 0. The molecular weight excluding hydrogens is 364 g/mol. The standard InChI is InChI=1S/C29H20O/c1-3-10-22(11-4-1)29(23-12-5-2-6-13-23)26-15-8-7-14-24(26)25-20-21(17-18-27(25)29)28-16-9-19-30-28/h1-20H. The Bertz CT molecular complexity index is 1280. The van der Waals surface area contributed by atoms with Crippen LogP contribution in [0.15, 0.2) is 126 Å². The first-order chi connectivity index (χ1) is 14.9. The molecule has 1 aliphatic carbocycles. The van der Waals surface area contributed by atoms with Crippen molar-refractivity contribution in [2.45, 2.75) is 5.41 Å². The molecule has 1 aliphatic rings. The Morgan fingerprint density at radius 2 is 1.13 bits per heavy atom. The average Bonchev–Trinajstić information content (AvgIpc) is 3.46. The second-order valence-corrected chi connectivity index (χ2v) is 7.77. The fourth-order valence-corrected chi connectivity index (χ4v) is 5.05. The van der Waals surface area contributed by atoms with Crippen molar-refractivity contribution in [1.82, 2.24) is 0 Å². The molecule has 1 heteroatoms. The smallest absolute Gasteiger partial charge is 0.133 e. The van der Waals surface area contributed by atoms with Crippen molar-refractivity contribution in [3.05, 3.63) is 144 Å². The molecule has 30 heavy (non-hydrogen) atoms. The van der Waals surface area contributed by atoms with Gasteiger partial charge in [-0.1, -0.05) is 97.1 Å². The van der Waals surface area contributed by atoms with Gasteiger partial charge in [-0.15, -0.1) is 0 Å². The first kappa shape index (κ1) is 17.1. The number of furan rings is 1. The molecule has 5 aromatic rings. The maximum Gasteiger partial charge on any atom is 0.133 e. The van der Waals surface area contributed by atoms with Crippen LogP contribution in [0.4, 0.5) is 0 Å². The molecule has 0 atom stereocenters. The van der Waals surface area contributed by atoms with Crippen LogP contribution in [0.25, 0.3) is 22.5 Å². The van der Waals surface area contributed by atoms with Gasteiger partial charge in [0, 0.05) is 5.56 Å². The van der Waals surface area contributed by atoms with Gasteiger partial charge in [-0.05, 0) is 51.6 Å². The van der Waals surface area contributed by atoms with Gasteiger partial charge < -0.3 is 4.42 Å². The van der Waals surface area contributed by atoms with Crippen molar-refractivity contribution in [2.75, 3.05) is 0 Å². The van der Waals surface area contributed by atoms with Crippen LogP contribution in [0.1, 0.15) is 22.3 Å². The lowest BCUT2D eigenvalue weighted by atomic mass is 9.67. The zero-order valence-corrected chi connectivity index (χ0v) is 16.5. The van der Waals surface area contributed by atoms with E-state index in [0.717, 1.165) is 11.3 Å². The zero-order valence-electron chi connectivity index (χ0n) is 16.5. The molecule has 0 saturated heterocycles. The molecule has 0 fully saturated rings. The summed E-state index contributed by atoms with van der Waals surface area (Å²) in [6.07, 6.45) is 1.73. The van der Waals surface area contributed by atoms with E-state index in [1.807, 2.05) is 12.1 Å². The molecule has 0 amide bonds. The summed E-state index contributed by atoms with van der Waals surface area (Å²) in [7, 11) is 0. The Morgan fingerprint density at radius 1 is 0.500 bits per heavy atom. The maximum atomic E-state index is 5.69. The fourth-order valence-electron chi connectivity index (χ4n) is 5.05. The summed E-state index contributed by atoms with van der Waals surface area (Å²) in [5.41, 5.74) is 8.54. The quantitative estimate of drug-likeness (QED) is 0.312. The largest absolute Gasteiger partial charge is 0.464 e. The Labute approximate surface area is 176 Å². The van der Waals surface area contributed by atoms with E-state index in [2.05, 4.69) is 103 Å². The number of hydrogen-bond acceptors (Lipinski definition) is 1. The first-order valence-electron chi connectivity index (χ1n) is 10.3. The Morgan fingerprint density at radius 3 is 1.80 bits per heavy atom. The van der Waals surface area contributed by atoms with Crippen molar-refractivity contribution in [2.24, 2.45) is 0 Å². The van der Waals surface area contributed by atoms with E-state index in [-0.39, 0.29) is 5.41 Å². The number of fused-ring (bicyclic) bond motifs is 3.